The number of anilines is 2. The second-order valence-corrected chi connectivity index (χ2v) is 5.36. The molecule has 1 aromatic heterocycles. The van der Waals surface area contributed by atoms with Crippen LogP contribution in [0.4, 0.5) is 10.9 Å². The van der Waals surface area contributed by atoms with E-state index in [1.165, 1.54) is 18.4 Å². The lowest BCUT2D eigenvalue weighted by Crippen LogP contribution is -2.28. The highest BCUT2D eigenvalue weighted by atomic mass is 32.1. The molecule has 8 heteroatoms. The standard InChI is InChI=1S/C12H22N4O3S/c1-4-16(2)12-15-10(13)9(20-12)11(18)14-6-5-8(17)7-19-3/h8,17H,4-7,13H2,1-3H3,(H,14,18). The van der Waals surface area contributed by atoms with Crippen LogP contribution in [-0.2, 0) is 4.74 Å². The maximum Gasteiger partial charge on any atom is 0.265 e. The highest BCUT2D eigenvalue weighted by Crippen LogP contribution is 2.27. The number of nitrogens with two attached hydrogens (primary N) is 1. The minimum atomic E-state index is -0.583. The summed E-state index contributed by atoms with van der Waals surface area (Å²) in [5.74, 6) is -0.0272. The van der Waals surface area contributed by atoms with Gasteiger partial charge in [0.05, 0.1) is 12.7 Å². The summed E-state index contributed by atoms with van der Waals surface area (Å²) < 4.78 is 4.81. The molecular formula is C12H22N4O3S. The molecule has 0 fully saturated rings. The third kappa shape index (κ3) is 4.62. The fourth-order valence-corrected chi connectivity index (χ4v) is 2.42. The van der Waals surface area contributed by atoms with Gasteiger partial charge in [0, 0.05) is 27.2 Å². The van der Waals surface area contributed by atoms with Crippen LogP contribution in [0.5, 0.6) is 0 Å². The number of rotatable bonds is 8. The van der Waals surface area contributed by atoms with Crippen LogP contribution in [0.3, 0.4) is 0 Å². The maximum atomic E-state index is 12.0. The average Bonchev–Trinajstić information content (AvgIpc) is 2.80. The third-order valence-electron chi connectivity index (χ3n) is 2.77. The van der Waals surface area contributed by atoms with Crippen molar-refractivity contribution in [3.05, 3.63) is 4.88 Å². The predicted molar refractivity (Wildman–Crippen MR) is 80.3 cm³/mol. The number of amides is 1. The Hall–Kier alpha value is -1.38. The van der Waals surface area contributed by atoms with Crippen molar-refractivity contribution >= 4 is 28.2 Å². The summed E-state index contributed by atoms with van der Waals surface area (Å²) in [5, 5.41) is 12.9. The zero-order chi connectivity index (χ0) is 15.1. The van der Waals surface area contributed by atoms with E-state index in [2.05, 4.69) is 10.3 Å². The van der Waals surface area contributed by atoms with E-state index < -0.39 is 6.10 Å². The minimum Gasteiger partial charge on any atom is -0.391 e. The van der Waals surface area contributed by atoms with Gasteiger partial charge in [-0.3, -0.25) is 4.79 Å². The van der Waals surface area contributed by atoms with Crippen LogP contribution >= 0.6 is 11.3 Å². The molecule has 0 saturated carbocycles. The van der Waals surface area contributed by atoms with Crippen LogP contribution in [0, 0.1) is 0 Å². The Morgan fingerprint density at radius 1 is 1.65 bits per heavy atom. The Labute approximate surface area is 122 Å². The summed E-state index contributed by atoms with van der Waals surface area (Å²) in [5.41, 5.74) is 5.76. The number of thiazole rings is 1. The average molecular weight is 302 g/mol. The molecule has 1 rings (SSSR count). The zero-order valence-electron chi connectivity index (χ0n) is 12.0. The van der Waals surface area contributed by atoms with Crippen LogP contribution in [0.1, 0.15) is 23.0 Å². The van der Waals surface area contributed by atoms with Crippen molar-refractivity contribution < 1.29 is 14.6 Å². The molecule has 0 aliphatic heterocycles. The van der Waals surface area contributed by atoms with Crippen LogP contribution in [0.25, 0.3) is 0 Å². The van der Waals surface area contributed by atoms with Gasteiger partial charge in [-0.05, 0) is 13.3 Å². The minimum absolute atomic E-state index is 0.236. The lowest BCUT2D eigenvalue weighted by molar-refractivity contribution is 0.0588. The Kier molecular flexibility index (Phi) is 6.69. The highest BCUT2D eigenvalue weighted by molar-refractivity contribution is 7.18. The lowest BCUT2D eigenvalue weighted by Gasteiger charge is -2.11. The number of hydrogen-bond acceptors (Lipinski definition) is 7. The van der Waals surface area contributed by atoms with Crippen LogP contribution in [0.2, 0.25) is 0 Å². The van der Waals surface area contributed by atoms with Crippen LogP contribution in [-0.4, -0.2) is 56.0 Å². The van der Waals surface area contributed by atoms with E-state index in [4.69, 9.17) is 10.5 Å². The molecule has 0 spiro atoms. The number of ether oxygens (including phenoxy) is 1. The molecule has 4 N–H and O–H groups in total. The molecule has 0 bridgehead atoms. The number of nitrogens with one attached hydrogen (secondary N) is 1. The molecule has 1 unspecified atom stereocenters. The number of hydrogen-bond donors (Lipinski definition) is 3. The van der Waals surface area contributed by atoms with E-state index in [1.807, 2.05) is 18.9 Å². The molecule has 0 saturated heterocycles. The topological polar surface area (TPSA) is 101 Å². The van der Waals surface area contributed by atoms with Gasteiger partial charge in [-0.25, -0.2) is 4.98 Å². The van der Waals surface area contributed by atoms with E-state index in [-0.39, 0.29) is 18.3 Å². The number of methoxy groups -OCH3 is 1. The summed E-state index contributed by atoms with van der Waals surface area (Å²) >= 11 is 1.26. The Morgan fingerprint density at radius 2 is 2.35 bits per heavy atom. The summed E-state index contributed by atoms with van der Waals surface area (Å²) in [6, 6.07) is 0. The predicted octanol–water partition coefficient (Wildman–Crippen LogP) is 0.309. The number of carbonyl (C=O) groups excluding carboxylic acids is 1. The third-order valence-corrected chi connectivity index (χ3v) is 3.96. The van der Waals surface area contributed by atoms with Crippen molar-refractivity contribution in [1.82, 2.24) is 10.3 Å². The van der Waals surface area contributed by atoms with Gasteiger partial charge in [-0.2, -0.15) is 0 Å². The molecular weight excluding hydrogens is 280 g/mol. The maximum absolute atomic E-state index is 12.0. The summed E-state index contributed by atoms with van der Waals surface area (Å²) in [6.07, 6.45) is -0.152. The molecule has 1 amide bonds. The van der Waals surface area contributed by atoms with Crippen molar-refractivity contribution in [2.75, 3.05) is 44.5 Å². The van der Waals surface area contributed by atoms with Crippen molar-refractivity contribution in [2.45, 2.75) is 19.4 Å². The van der Waals surface area contributed by atoms with Gasteiger partial charge in [0.1, 0.15) is 10.7 Å². The number of carbonyl (C=O) groups is 1. The first-order valence-corrected chi connectivity index (χ1v) is 7.23. The van der Waals surface area contributed by atoms with Crippen molar-refractivity contribution in [1.29, 1.82) is 0 Å². The quantitative estimate of drug-likeness (QED) is 0.639. The molecule has 0 aromatic carbocycles. The summed E-state index contributed by atoms with van der Waals surface area (Å²) in [7, 11) is 3.41. The first kappa shape index (κ1) is 16.7. The number of aliphatic hydroxyl groups excluding tert-OH is 1. The van der Waals surface area contributed by atoms with E-state index >= 15 is 0 Å². The lowest BCUT2D eigenvalue weighted by atomic mass is 10.2. The van der Waals surface area contributed by atoms with E-state index in [9.17, 15) is 9.90 Å². The smallest absolute Gasteiger partial charge is 0.265 e. The Morgan fingerprint density at radius 3 is 2.95 bits per heavy atom. The van der Waals surface area contributed by atoms with Gasteiger partial charge >= 0.3 is 0 Å². The fourth-order valence-electron chi connectivity index (χ4n) is 1.49. The number of aliphatic hydroxyl groups is 1. The summed E-state index contributed by atoms with van der Waals surface area (Å²) in [4.78, 5) is 18.5. The SMILES string of the molecule is CCN(C)c1nc(N)c(C(=O)NCCC(O)COC)s1. The normalized spacial score (nSPS) is 12.2. The molecule has 20 heavy (non-hydrogen) atoms. The van der Waals surface area contributed by atoms with Crippen molar-refractivity contribution in [3.8, 4) is 0 Å². The fraction of sp³-hybridized carbons (Fsp3) is 0.667. The Bertz CT molecular complexity index is 438. The van der Waals surface area contributed by atoms with Crippen molar-refractivity contribution in [2.24, 2.45) is 0 Å². The number of nitrogens with zero attached hydrogens (tertiary/aromatic N) is 2. The molecule has 0 aliphatic carbocycles. The molecule has 0 aliphatic rings. The van der Waals surface area contributed by atoms with Gasteiger partial charge in [0.25, 0.3) is 5.91 Å². The molecule has 7 nitrogen and oxygen atoms in total. The van der Waals surface area contributed by atoms with Crippen LogP contribution in [0.15, 0.2) is 0 Å². The van der Waals surface area contributed by atoms with Gasteiger partial charge in [0.2, 0.25) is 0 Å². The first-order valence-electron chi connectivity index (χ1n) is 6.42. The van der Waals surface area contributed by atoms with Gasteiger partial charge < -0.3 is 25.8 Å². The van der Waals surface area contributed by atoms with Crippen LogP contribution < -0.4 is 16.0 Å². The number of aromatic nitrogens is 1. The molecule has 114 valence electrons. The van der Waals surface area contributed by atoms with Gasteiger partial charge in [0.15, 0.2) is 5.13 Å². The monoisotopic (exact) mass is 302 g/mol. The zero-order valence-corrected chi connectivity index (χ0v) is 12.9. The Balaban J connectivity index is 2.53. The first-order chi connectivity index (χ1) is 9.49. The second kappa shape index (κ2) is 8.03. The molecule has 1 atom stereocenters. The van der Waals surface area contributed by atoms with E-state index in [1.54, 1.807) is 0 Å². The van der Waals surface area contributed by atoms with Gasteiger partial charge in [-0.1, -0.05) is 11.3 Å². The number of nitrogen functional groups attached to an aromatic ring is 1. The van der Waals surface area contributed by atoms with E-state index in [0.717, 1.165) is 11.7 Å². The molecule has 1 aromatic rings. The molecule has 0 radical (unpaired) electrons. The largest absolute Gasteiger partial charge is 0.391 e. The van der Waals surface area contributed by atoms with E-state index in [0.29, 0.717) is 17.8 Å². The summed E-state index contributed by atoms with van der Waals surface area (Å²) in [6.45, 7) is 3.40. The highest BCUT2D eigenvalue weighted by Gasteiger charge is 2.17. The van der Waals surface area contributed by atoms with Gasteiger partial charge in [-0.15, -0.1) is 0 Å². The van der Waals surface area contributed by atoms with Crippen molar-refractivity contribution in [3.63, 3.8) is 0 Å². The molecule has 1 heterocycles. The second-order valence-electron chi connectivity index (χ2n) is 4.38.